The van der Waals surface area contributed by atoms with Gasteiger partial charge in [0.2, 0.25) is 0 Å². The molecule has 0 rings (SSSR count). The molecule has 0 saturated carbocycles. The molecule has 0 radical (unpaired) electrons. The van der Waals surface area contributed by atoms with Gasteiger partial charge in [0, 0.05) is 19.3 Å². The van der Waals surface area contributed by atoms with E-state index in [0.717, 1.165) is 103 Å². The smallest absolute Gasteiger partial charge is 0.462 e. The van der Waals surface area contributed by atoms with Crippen molar-refractivity contribution in [2.75, 3.05) is 26.4 Å². The van der Waals surface area contributed by atoms with Crippen LogP contribution in [0.2, 0.25) is 0 Å². The summed E-state index contributed by atoms with van der Waals surface area (Å²) < 4.78 is 39.5. The van der Waals surface area contributed by atoms with Gasteiger partial charge in [-0.1, -0.05) is 236 Å². The molecule has 3 unspecified atom stereocenters. The highest BCUT2D eigenvalue weighted by atomic mass is 31.2. The Morgan fingerprint density at radius 3 is 1.14 bits per heavy atom. The van der Waals surface area contributed by atoms with Crippen molar-refractivity contribution in [3.05, 3.63) is 48.6 Å². The fraction of sp³-hybridized carbons (Fsp3) is 0.810. The van der Waals surface area contributed by atoms with Crippen LogP contribution < -0.4 is 0 Å². The van der Waals surface area contributed by atoms with E-state index in [1.807, 2.05) is 0 Å². The second kappa shape index (κ2) is 52.8. The van der Waals surface area contributed by atoms with Crippen molar-refractivity contribution in [1.29, 1.82) is 0 Å². The molecular weight excluding hydrogens is 904 g/mol. The Kier molecular flexibility index (Phi) is 50.8. The lowest BCUT2D eigenvalue weighted by atomic mass is 10.0. The lowest BCUT2D eigenvalue weighted by Gasteiger charge is -2.21. The molecule has 2 N–H and O–H groups in total. The molecule has 0 bridgehead atoms. The highest BCUT2D eigenvalue weighted by Crippen LogP contribution is 2.43. The number of hydrogen-bond donors (Lipinski definition) is 2. The van der Waals surface area contributed by atoms with Crippen LogP contribution in [0.1, 0.15) is 265 Å². The third-order valence-electron chi connectivity index (χ3n) is 12.3. The van der Waals surface area contributed by atoms with Gasteiger partial charge in [0.05, 0.1) is 19.8 Å². The van der Waals surface area contributed by atoms with E-state index in [4.69, 9.17) is 23.3 Å². The van der Waals surface area contributed by atoms with Gasteiger partial charge in [-0.15, -0.1) is 0 Å². The third-order valence-corrected chi connectivity index (χ3v) is 13.2. The van der Waals surface area contributed by atoms with Crippen LogP contribution in [0, 0.1) is 0 Å². The number of aliphatic hydroxyl groups is 1. The van der Waals surface area contributed by atoms with Crippen LogP contribution in [0.25, 0.3) is 0 Å². The van der Waals surface area contributed by atoms with E-state index >= 15 is 0 Å². The predicted molar refractivity (Wildman–Crippen MR) is 289 cm³/mol. The molecule has 0 aromatic carbocycles. The largest absolute Gasteiger partial charge is 0.472 e. The molecule has 12 heteroatoms. The summed E-state index contributed by atoms with van der Waals surface area (Å²) in [4.78, 5) is 48.4. The van der Waals surface area contributed by atoms with E-state index in [2.05, 4.69) is 69.4 Å². The van der Waals surface area contributed by atoms with Crippen molar-refractivity contribution in [2.24, 2.45) is 0 Å². The molecular formula is C58H105O11P. The number of carbonyl (C=O) groups is 3. The van der Waals surface area contributed by atoms with Crippen molar-refractivity contribution in [1.82, 2.24) is 0 Å². The molecule has 0 aromatic heterocycles. The van der Waals surface area contributed by atoms with Crippen LogP contribution in [-0.4, -0.2) is 66.5 Å². The topological polar surface area (TPSA) is 155 Å². The molecule has 408 valence electrons. The van der Waals surface area contributed by atoms with Gasteiger partial charge in [0.15, 0.2) is 6.10 Å². The first-order chi connectivity index (χ1) is 34.2. The number of esters is 3. The Morgan fingerprint density at radius 2 is 0.743 bits per heavy atom. The van der Waals surface area contributed by atoms with Gasteiger partial charge >= 0.3 is 25.7 Å². The number of unbranched alkanes of at least 4 members (excludes halogenated alkanes) is 28. The van der Waals surface area contributed by atoms with Gasteiger partial charge in [0.25, 0.3) is 0 Å². The van der Waals surface area contributed by atoms with E-state index in [1.165, 1.54) is 103 Å². The van der Waals surface area contributed by atoms with Crippen molar-refractivity contribution in [2.45, 2.75) is 277 Å². The molecule has 0 aliphatic rings. The average Bonchev–Trinajstić information content (AvgIpc) is 3.35. The van der Waals surface area contributed by atoms with E-state index in [9.17, 15) is 28.9 Å². The lowest BCUT2D eigenvalue weighted by Crippen LogP contribution is -2.30. The van der Waals surface area contributed by atoms with E-state index in [0.29, 0.717) is 19.3 Å². The van der Waals surface area contributed by atoms with Crippen molar-refractivity contribution in [3.8, 4) is 0 Å². The molecule has 0 saturated heterocycles. The molecule has 0 spiro atoms. The highest BCUT2D eigenvalue weighted by molar-refractivity contribution is 7.47. The van der Waals surface area contributed by atoms with Crippen molar-refractivity contribution < 1.29 is 52.2 Å². The SMILES string of the molecule is CC/C=C\C/C=C\C/C=C\C/C=C\CCCCCCCCC(=O)OC(COC(=O)CCCCCCCCCCCCC)COP(=O)(O)OCC(CO)OC(=O)CCCCCCCCCCCCCCC. The fourth-order valence-corrected chi connectivity index (χ4v) is 8.72. The summed E-state index contributed by atoms with van der Waals surface area (Å²) in [6.07, 6.45) is 55.0. The molecule has 0 aliphatic carbocycles. The summed E-state index contributed by atoms with van der Waals surface area (Å²) in [5, 5.41) is 9.80. The molecule has 70 heavy (non-hydrogen) atoms. The molecule has 3 atom stereocenters. The van der Waals surface area contributed by atoms with Crippen LogP contribution >= 0.6 is 7.82 Å². The Hall–Kier alpha value is -2.56. The molecule has 11 nitrogen and oxygen atoms in total. The number of hydrogen-bond acceptors (Lipinski definition) is 10. The fourth-order valence-electron chi connectivity index (χ4n) is 7.94. The maximum absolute atomic E-state index is 12.9. The molecule has 0 amide bonds. The molecule has 0 aliphatic heterocycles. The van der Waals surface area contributed by atoms with Crippen LogP contribution in [0.15, 0.2) is 48.6 Å². The van der Waals surface area contributed by atoms with E-state index in [-0.39, 0.29) is 25.9 Å². The Morgan fingerprint density at radius 1 is 0.414 bits per heavy atom. The Labute approximate surface area is 428 Å². The Balaban J connectivity index is 4.70. The van der Waals surface area contributed by atoms with Crippen molar-refractivity contribution >= 4 is 25.7 Å². The van der Waals surface area contributed by atoms with Crippen LogP contribution in [0.5, 0.6) is 0 Å². The van der Waals surface area contributed by atoms with Crippen LogP contribution in [-0.2, 0) is 42.2 Å². The van der Waals surface area contributed by atoms with Gasteiger partial charge in [0.1, 0.15) is 12.7 Å². The summed E-state index contributed by atoms with van der Waals surface area (Å²) in [6.45, 7) is 4.53. The van der Waals surface area contributed by atoms with Gasteiger partial charge < -0.3 is 24.2 Å². The summed E-state index contributed by atoms with van der Waals surface area (Å²) in [5.41, 5.74) is 0. The minimum atomic E-state index is -4.74. The maximum Gasteiger partial charge on any atom is 0.472 e. The van der Waals surface area contributed by atoms with Crippen LogP contribution in [0.4, 0.5) is 0 Å². The third kappa shape index (κ3) is 50.4. The van der Waals surface area contributed by atoms with Crippen LogP contribution in [0.3, 0.4) is 0 Å². The zero-order valence-electron chi connectivity index (χ0n) is 45.0. The minimum Gasteiger partial charge on any atom is -0.462 e. The predicted octanol–water partition coefficient (Wildman–Crippen LogP) is 16.6. The quantitative estimate of drug-likeness (QED) is 0.0197. The second-order valence-corrected chi connectivity index (χ2v) is 20.5. The number of ether oxygens (including phenoxy) is 3. The van der Waals surface area contributed by atoms with Gasteiger partial charge in [-0.05, 0) is 57.8 Å². The summed E-state index contributed by atoms with van der Waals surface area (Å²) in [7, 11) is -4.74. The van der Waals surface area contributed by atoms with E-state index in [1.54, 1.807) is 0 Å². The molecule has 0 fully saturated rings. The number of phosphoric ester groups is 1. The van der Waals surface area contributed by atoms with Gasteiger partial charge in [-0.25, -0.2) is 4.57 Å². The molecule has 0 heterocycles. The first-order valence-electron chi connectivity index (χ1n) is 28.5. The van der Waals surface area contributed by atoms with Crippen molar-refractivity contribution in [3.63, 3.8) is 0 Å². The summed E-state index contributed by atoms with van der Waals surface area (Å²) >= 11 is 0. The normalized spacial score (nSPS) is 13.7. The number of phosphoric acid groups is 1. The van der Waals surface area contributed by atoms with E-state index < -0.39 is 57.8 Å². The van der Waals surface area contributed by atoms with Gasteiger partial charge in [-0.2, -0.15) is 0 Å². The minimum absolute atomic E-state index is 0.154. The summed E-state index contributed by atoms with van der Waals surface area (Å²) in [5.74, 6) is -1.47. The standard InChI is InChI=1S/C58H105O11P/c1-4-7-10-13-16-19-22-24-25-26-27-28-29-31-34-37-40-43-46-49-58(62)69-55(51-65-56(60)47-44-41-38-35-32-21-18-15-12-9-6-3)53-67-70(63,64)66-52-54(50-59)68-57(61)48-45-42-39-36-33-30-23-20-17-14-11-8-5-2/h7,10,16,19,24-25,27-28,54-55,59H,4-6,8-9,11-15,17-18,20-23,26,29-53H2,1-3H3,(H,63,64)/b10-7-,19-16-,25-24-,28-27-. The first kappa shape index (κ1) is 67.4. The van der Waals surface area contributed by atoms with Gasteiger partial charge in [-0.3, -0.25) is 23.4 Å². The number of allylic oxidation sites excluding steroid dienone is 8. The highest BCUT2D eigenvalue weighted by Gasteiger charge is 2.28. The average molecular weight is 1010 g/mol. The maximum atomic E-state index is 12.9. The first-order valence-corrected chi connectivity index (χ1v) is 30.0. The lowest BCUT2D eigenvalue weighted by molar-refractivity contribution is -0.161. The number of aliphatic hydroxyl groups excluding tert-OH is 1. The second-order valence-electron chi connectivity index (χ2n) is 19.1. The molecule has 0 aromatic rings. The number of carbonyl (C=O) groups excluding carboxylic acids is 3. The zero-order chi connectivity index (χ0) is 51.3. The monoisotopic (exact) mass is 1010 g/mol. The zero-order valence-corrected chi connectivity index (χ0v) is 45.9. The Bertz CT molecular complexity index is 1360. The summed E-state index contributed by atoms with van der Waals surface area (Å²) in [6, 6.07) is 0. The number of rotatable bonds is 53.